The Bertz CT molecular complexity index is 324. The summed E-state index contributed by atoms with van der Waals surface area (Å²) < 4.78 is 5.73. The number of carbonyl (C=O) groups is 1. The van der Waals surface area contributed by atoms with E-state index in [1.165, 1.54) is 6.26 Å². The molecule has 0 fully saturated rings. The molecule has 1 atom stereocenters. The summed E-state index contributed by atoms with van der Waals surface area (Å²) in [6.07, 6.45) is 1.47. The Kier molecular flexibility index (Phi) is 3.71. The Hall–Kier alpha value is -0.810. The highest BCUT2D eigenvalue weighted by Crippen LogP contribution is 2.19. The Morgan fingerprint density at radius 3 is 2.86 bits per heavy atom. The van der Waals surface area contributed by atoms with Crippen LogP contribution in [-0.4, -0.2) is 30.4 Å². The number of carbonyl (C=O) groups excluding carboxylic acids is 1. The Labute approximate surface area is 91.2 Å². The van der Waals surface area contributed by atoms with Gasteiger partial charge in [0, 0.05) is 19.6 Å². The van der Waals surface area contributed by atoms with E-state index >= 15 is 0 Å². The molecule has 0 aliphatic carbocycles. The third kappa shape index (κ3) is 2.16. The number of likely N-dealkylation sites (N-methyl/N-ethyl adjacent to an activating group) is 1. The molecule has 1 heterocycles. The lowest BCUT2D eigenvalue weighted by molar-refractivity contribution is 0.0715. The number of halogens is 1. The third-order valence-corrected chi connectivity index (χ3v) is 2.76. The lowest BCUT2D eigenvalue weighted by Gasteiger charge is -2.22. The van der Waals surface area contributed by atoms with Crippen LogP contribution in [0, 0.1) is 0 Å². The molecule has 2 N–H and O–H groups in total. The average molecular weight is 261 g/mol. The Balaban J connectivity index is 2.81. The number of nitrogens with two attached hydrogens (primary N) is 1. The van der Waals surface area contributed by atoms with Gasteiger partial charge in [-0.1, -0.05) is 0 Å². The molecule has 0 saturated carbocycles. The second kappa shape index (κ2) is 4.61. The van der Waals surface area contributed by atoms with Crippen molar-refractivity contribution in [3.8, 4) is 0 Å². The van der Waals surface area contributed by atoms with E-state index in [9.17, 15) is 4.79 Å². The molecule has 0 saturated heterocycles. The highest BCUT2D eigenvalue weighted by atomic mass is 79.9. The summed E-state index contributed by atoms with van der Waals surface area (Å²) in [6.45, 7) is 2.31. The maximum Gasteiger partial charge on any atom is 0.290 e. The molecule has 1 aromatic heterocycles. The van der Waals surface area contributed by atoms with Crippen molar-refractivity contribution in [2.75, 3.05) is 13.6 Å². The van der Waals surface area contributed by atoms with Crippen molar-refractivity contribution in [1.29, 1.82) is 0 Å². The van der Waals surface area contributed by atoms with Gasteiger partial charge in [0.1, 0.15) is 0 Å². The lowest BCUT2D eigenvalue weighted by Crippen LogP contribution is -2.39. The first-order valence-corrected chi connectivity index (χ1v) is 5.07. The smallest absolute Gasteiger partial charge is 0.290 e. The lowest BCUT2D eigenvalue weighted by atomic mass is 10.3. The SMILES string of the molecule is CC(CN)N(C)C(=O)c1occc1Br. The first kappa shape index (κ1) is 11.3. The maximum atomic E-state index is 11.8. The monoisotopic (exact) mass is 260 g/mol. The summed E-state index contributed by atoms with van der Waals surface area (Å²) in [5.74, 6) is 0.146. The average Bonchev–Trinajstić information content (AvgIpc) is 2.61. The van der Waals surface area contributed by atoms with Crippen molar-refractivity contribution in [3.05, 3.63) is 22.6 Å². The molecule has 0 bridgehead atoms. The summed E-state index contributed by atoms with van der Waals surface area (Å²) in [6, 6.07) is 1.69. The fourth-order valence-corrected chi connectivity index (χ4v) is 1.34. The molecule has 0 spiro atoms. The minimum atomic E-state index is -0.167. The van der Waals surface area contributed by atoms with Crippen LogP contribution in [0.25, 0.3) is 0 Å². The molecule has 5 heteroatoms. The molecule has 0 radical (unpaired) electrons. The number of hydrogen-bond acceptors (Lipinski definition) is 3. The number of amides is 1. The normalized spacial score (nSPS) is 12.6. The van der Waals surface area contributed by atoms with Crippen LogP contribution in [0.4, 0.5) is 0 Å². The van der Waals surface area contributed by atoms with Crippen LogP contribution >= 0.6 is 15.9 Å². The van der Waals surface area contributed by atoms with Gasteiger partial charge in [0.15, 0.2) is 0 Å². The summed E-state index contributed by atoms with van der Waals surface area (Å²) in [5, 5.41) is 0. The van der Waals surface area contributed by atoms with Crippen LogP contribution in [0.1, 0.15) is 17.5 Å². The van der Waals surface area contributed by atoms with Gasteiger partial charge in [-0.3, -0.25) is 4.79 Å². The number of rotatable bonds is 3. The molecule has 0 aromatic carbocycles. The van der Waals surface area contributed by atoms with Crippen LogP contribution < -0.4 is 5.73 Å². The Morgan fingerprint density at radius 1 is 1.79 bits per heavy atom. The van der Waals surface area contributed by atoms with Crippen LogP contribution in [-0.2, 0) is 0 Å². The van der Waals surface area contributed by atoms with Gasteiger partial charge in [-0.2, -0.15) is 0 Å². The first-order chi connectivity index (χ1) is 6.57. The predicted molar refractivity (Wildman–Crippen MR) is 57.0 cm³/mol. The second-order valence-electron chi connectivity index (χ2n) is 3.10. The van der Waals surface area contributed by atoms with E-state index < -0.39 is 0 Å². The highest BCUT2D eigenvalue weighted by Gasteiger charge is 2.21. The van der Waals surface area contributed by atoms with E-state index in [-0.39, 0.29) is 11.9 Å². The van der Waals surface area contributed by atoms with Crippen molar-refractivity contribution >= 4 is 21.8 Å². The van der Waals surface area contributed by atoms with Crippen LogP contribution in [0.15, 0.2) is 21.2 Å². The highest BCUT2D eigenvalue weighted by molar-refractivity contribution is 9.10. The van der Waals surface area contributed by atoms with E-state index in [4.69, 9.17) is 10.2 Å². The number of furan rings is 1. The molecule has 0 aliphatic rings. The molecule has 1 aromatic rings. The molecular weight excluding hydrogens is 248 g/mol. The van der Waals surface area contributed by atoms with Crippen molar-refractivity contribution in [3.63, 3.8) is 0 Å². The van der Waals surface area contributed by atoms with Crippen molar-refractivity contribution in [1.82, 2.24) is 4.90 Å². The molecule has 0 aliphatic heterocycles. The molecule has 1 rings (SSSR count). The topological polar surface area (TPSA) is 59.5 Å². The van der Waals surface area contributed by atoms with Gasteiger partial charge in [-0.25, -0.2) is 0 Å². The largest absolute Gasteiger partial charge is 0.458 e. The van der Waals surface area contributed by atoms with Gasteiger partial charge in [0.05, 0.1) is 10.7 Å². The molecular formula is C9H13BrN2O2. The van der Waals surface area contributed by atoms with E-state index in [0.717, 1.165) is 0 Å². The zero-order valence-corrected chi connectivity index (χ0v) is 9.74. The van der Waals surface area contributed by atoms with Crippen molar-refractivity contribution < 1.29 is 9.21 Å². The fraction of sp³-hybridized carbons (Fsp3) is 0.444. The third-order valence-electron chi connectivity index (χ3n) is 2.13. The minimum absolute atomic E-state index is 0.000463. The van der Waals surface area contributed by atoms with Crippen LogP contribution in [0.5, 0.6) is 0 Å². The number of hydrogen-bond donors (Lipinski definition) is 1. The molecule has 78 valence electrons. The van der Waals surface area contributed by atoms with E-state index in [1.54, 1.807) is 18.0 Å². The van der Waals surface area contributed by atoms with Crippen molar-refractivity contribution in [2.45, 2.75) is 13.0 Å². The van der Waals surface area contributed by atoms with Gasteiger partial charge in [0.2, 0.25) is 5.76 Å². The quantitative estimate of drug-likeness (QED) is 0.896. The van der Waals surface area contributed by atoms with Gasteiger partial charge < -0.3 is 15.1 Å². The fourth-order valence-electron chi connectivity index (χ4n) is 0.965. The van der Waals surface area contributed by atoms with E-state index in [1.807, 2.05) is 6.92 Å². The van der Waals surface area contributed by atoms with Crippen LogP contribution in [0.2, 0.25) is 0 Å². The summed E-state index contributed by atoms with van der Waals surface area (Å²) >= 11 is 3.23. The van der Waals surface area contributed by atoms with Crippen molar-refractivity contribution in [2.24, 2.45) is 5.73 Å². The predicted octanol–water partition coefficient (Wildman–Crippen LogP) is 1.46. The Morgan fingerprint density at radius 2 is 2.43 bits per heavy atom. The standard InChI is InChI=1S/C9H13BrN2O2/c1-6(5-11)12(2)9(13)8-7(10)3-4-14-8/h3-4,6H,5,11H2,1-2H3. The van der Waals surface area contributed by atoms with Crippen LogP contribution in [0.3, 0.4) is 0 Å². The molecule has 4 nitrogen and oxygen atoms in total. The van der Waals surface area contributed by atoms with Gasteiger partial charge in [0.25, 0.3) is 5.91 Å². The summed E-state index contributed by atoms with van der Waals surface area (Å²) in [4.78, 5) is 13.3. The van der Waals surface area contributed by atoms with Gasteiger partial charge in [-0.15, -0.1) is 0 Å². The number of nitrogens with zero attached hydrogens (tertiary/aromatic N) is 1. The minimum Gasteiger partial charge on any atom is -0.458 e. The molecule has 1 amide bonds. The van der Waals surface area contributed by atoms with E-state index in [0.29, 0.717) is 16.8 Å². The maximum absolute atomic E-state index is 11.8. The first-order valence-electron chi connectivity index (χ1n) is 4.28. The zero-order valence-electron chi connectivity index (χ0n) is 8.16. The second-order valence-corrected chi connectivity index (χ2v) is 3.95. The van der Waals surface area contributed by atoms with Gasteiger partial charge in [-0.05, 0) is 28.9 Å². The van der Waals surface area contributed by atoms with E-state index in [2.05, 4.69) is 15.9 Å². The summed E-state index contributed by atoms with van der Waals surface area (Å²) in [7, 11) is 1.70. The molecule has 1 unspecified atom stereocenters. The zero-order chi connectivity index (χ0) is 10.7. The summed E-state index contributed by atoms with van der Waals surface area (Å²) in [5.41, 5.74) is 5.47. The van der Waals surface area contributed by atoms with Gasteiger partial charge >= 0.3 is 0 Å². The molecule has 14 heavy (non-hydrogen) atoms.